The Balaban J connectivity index is -0.00000106. The molecule has 0 N–H and O–H groups in total. The van der Waals surface area contributed by atoms with Crippen molar-refractivity contribution >= 4 is 39.8 Å². The van der Waals surface area contributed by atoms with Crippen LogP contribution in [0.15, 0.2) is 0 Å². The summed E-state index contributed by atoms with van der Waals surface area (Å²) in [5.41, 5.74) is 0. The number of hydrogen-bond donors (Lipinski definition) is 0. The van der Waals surface area contributed by atoms with Crippen LogP contribution in [0.25, 0.3) is 0 Å². The Morgan fingerprint density at radius 1 is 0.328 bits per heavy atom. The summed E-state index contributed by atoms with van der Waals surface area (Å²) >= 11 is 3.75. The zero-order chi connectivity index (χ0) is 50.3. The highest BCUT2D eigenvalue weighted by Crippen LogP contribution is 2.27. The fourth-order valence-electron chi connectivity index (χ4n) is 8.82. The van der Waals surface area contributed by atoms with E-state index in [4.69, 9.17) is 9.47 Å². The summed E-state index contributed by atoms with van der Waals surface area (Å²) in [4.78, 5) is 44.9. The van der Waals surface area contributed by atoms with Gasteiger partial charge in [-0.2, -0.15) is 0 Å². The quantitative estimate of drug-likeness (QED) is 0.0195. The summed E-state index contributed by atoms with van der Waals surface area (Å²) in [6, 6.07) is 0. The maximum absolute atomic E-state index is 12.2. The molecule has 0 fully saturated rings. The van der Waals surface area contributed by atoms with E-state index >= 15 is 0 Å². The van der Waals surface area contributed by atoms with Crippen molar-refractivity contribution in [3.8, 4) is 0 Å². The van der Waals surface area contributed by atoms with Gasteiger partial charge in [-0.1, -0.05) is 288 Å². The van der Waals surface area contributed by atoms with Gasteiger partial charge in [0, 0.05) is 5.33 Å². The van der Waals surface area contributed by atoms with Gasteiger partial charge < -0.3 is 18.9 Å². The van der Waals surface area contributed by atoms with E-state index in [1.807, 2.05) is 0 Å². The molecule has 400 valence electrons. The lowest BCUT2D eigenvalue weighted by Gasteiger charge is -2.21. The molecule has 0 aromatic heterocycles. The van der Waals surface area contributed by atoms with Crippen LogP contribution in [0.2, 0.25) is 0 Å². The number of rotatable bonds is 47. The highest BCUT2D eigenvalue weighted by atomic mass is 79.9. The van der Waals surface area contributed by atoms with Gasteiger partial charge in [-0.05, 0) is 31.1 Å². The Hall–Kier alpha value is -1.64. The summed E-state index contributed by atoms with van der Waals surface area (Å²) in [6.07, 6.45) is 55.2. The van der Waals surface area contributed by atoms with Gasteiger partial charge in [0.25, 0.3) is 0 Å². The van der Waals surface area contributed by atoms with Crippen LogP contribution in [0.1, 0.15) is 297 Å². The number of methoxy groups -OCH3 is 4. The molecule has 2 atom stereocenters. The molecule has 0 bridgehead atoms. The molecule has 0 saturated heterocycles. The number of esters is 4. The van der Waals surface area contributed by atoms with Gasteiger partial charge in [-0.25, -0.2) is 0 Å². The molecule has 0 rings (SSSR count). The van der Waals surface area contributed by atoms with E-state index in [2.05, 4.69) is 53.1 Å². The molecule has 2 unspecified atom stereocenters. The van der Waals surface area contributed by atoms with Crippen LogP contribution in [0.5, 0.6) is 0 Å². The number of carbonyl (C=O) groups excluding carboxylic acids is 4. The van der Waals surface area contributed by atoms with E-state index in [-0.39, 0.29) is 6.42 Å². The van der Waals surface area contributed by atoms with Crippen molar-refractivity contribution in [2.75, 3.05) is 33.8 Å². The summed E-state index contributed by atoms with van der Waals surface area (Å²) in [7, 11) is 5.14. The van der Waals surface area contributed by atoms with E-state index < -0.39 is 29.8 Å². The first-order valence-corrected chi connectivity index (χ1v) is 29.6. The average Bonchev–Trinajstić information content (AvgIpc) is 3.34. The predicted molar refractivity (Wildman–Crippen MR) is 289 cm³/mol. The van der Waals surface area contributed by atoms with Gasteiger partial charge in [-0.15, -0.1) is 0 Å². The second-order valence-electron chi connectivity index (χ2n) is 19.5. The van der Waals surface area contributed by atoms with E-state index in [0.29, 0.717) is 12.3 Å². The molecule has 0 spiro atoms. The highest BCUT2D eigenvalue weighted by Gasteiger charge is 2.31. The van der Waals surface area contributed by atoms with Gasteiger partial charge >= 0.3 is 23.9 Å². The van der Waals surface area contributed by atoms with Crippen molar-refractivity contribution < 1.29 is 38.1 Å². The highest BCUT2D eigenvalue weighted by molar-refractivity contribution is 9.09. The van der Waals surface area contributed by atoms with Crippen molar-refractivity contribution in [1.29, 1.82) is 0 Å². The van der Waals surface area contributed by atoms with E-state index in [9.17, 15) is 19.2 Å². The van der Waals surface area contributed by atoms with Crippen molar-refractivity contribution in [3.63, 3.8) is 0 Å². The summed E-state index contributed by atoms with van der Waals surface area (Å²) in [6.45, 7) is 9.12. The fourth-order valence-corrected chi connectivity index (χ4v) is 9.47. The topological polar surface area (TPSA) is 105 Å². The van der Waals surface area contributed by atoms with E-state index in [1.165, 1.54) is 278 Å². The Bertz CT molecular complexity index is 1010. The SMILES string of the molecule is CCCCCCCCCCCCC(CBr)CCCCCCCCCC.CCCCCCCCCCCCC(CCCCCCCCCC)CC(C(=O)OC)C(=O)OC.COC(=O)CC(=O)OC. The molecule has 0 heterocycles. The summed E-state index contributed by atoms with van der Waals surface area (Å²) in [5, 5.41) is 1.22. The largest absolute Gasteiger partial charge is 0.469 e. The van der Waals surface area contributed by atoms with Crippen LogP contribution in [-0.2, 0) is 38.1 Å². The summed E-state index contributed by atoms with van der Waals surface area (Å²) < 4.78 is 18.1. The van der Waals surface area contributed by atoms with Crippen molar-refractivity contribution in [1.82, 2.24) is 0 Å². The summed E-state index contributed by atoms with van der Waals surface area (Å²) in [5.74, 6) is -1.51. The van der Waals surface area contributed by atoms with Crippen molar-refractivity contribution in [2.24, 2.45) is 17.8 Å². The molecular weight excluding hydrogens is 905 g/mol. The van der Waals surface area contributed by atoms with Gasteiger partial charge in [0.1, 0.15) is 6.42 Å². The first kappa shape index (κ1) is 69.6. The monoisotopic (exact) mass is 1020 g/mol. The first-order chi connectivity index (χ1) is 32.6. The van der Waals surface area contributed by atoms with Crippen LogP contribution < -0.4 is 0 Å². The van der Waals surface area contributed by atoms with Crippen LogP contribution in [-0.4, -0.2) is 57.6 Å². The normalized spacial score (nSPS) is 11.8. The Morgan fingerprint density at radius 3 is 0.761 bits per heavy atom. The molecule has 8 nitrogen and oxygen atoms in total. The number of unbranched alkanes of at least 4 members (excludes halogenated alkanes) is 32. The molecule has 0 radical (unpaired) electrons. The Labute approximate surface area is 425 Å². The standard InChI is InChI=1S/C29H56O4.C24H49Br.C5H8O4/c1-5-7-9-11-13-15-16-18-20-22-24-26(23-21-19-17-14-12-10-8-6-2)25-27(28(30)32-3)29(31)33-4;1-3-5-7-9-11-13-14-16-18-20-22-24(23-25)21-19-17-15-12-10-8-6-4-2;1-8-4(6)3-5(7)9-2/h26-27H,5-25H2,1-4H3;24H,3-23H2,1-2H3;3H2,1-2H3. The predicted octanol–water partition coefficient (Wildman–Crippen LogP) is 18.4. The first-order valence-electron chi connectivity index (χ1n) is 28.5. The number of ether oxygens (including phenoxy) is 4. The zero-order valence-electron chi connectivity index (χ0n) is 45.8. The minimum absolute atomic E-state index is 0.312. The van der Waals surface area contributed by atoms with Crippen LogP contribution in [0.3, 0.4) is 0 Å². The average molecular weight is 1020 g/mol. The third-order valence-electron chi connectivity index (χ3n) is 13.4. The Morgan fingerprint density at radius 2 is 0.552 bits per heavy atom. The molecule has 0 aromatic rings. The lowest BCUT2D eigenvalue weighted by Crippen LogP contribution is -2.28. The Kier molecular flexibility index (Phi) is 61.0. The minimum atomic E-state index is -0.776. The van der Waals surface area contributed by atoms with Crippen molar-refractivity contribution in [3.05, 3.63) is 0 Å². The number of hydrogen-bond acceptors (Lipinski definition) is 8. The molecule has 0 saturated carbocycles. The molecule has 67 heavy (non-hydrogen) atoms. The maximum atomic E-state index is 12.2. The second kappa shape index (κ2) is 58.7. The second-order valence-corrected chi connectivity index (χ2v) is 20.2. The molecule has 0 amide bonds. The van der Waals surface area contributed by atoms with Crippen LogP contribution in [0, 0.1) is 17.8 Å². The van der Waals surface area contributed by atoms with E-state index in [1.54, 1.807) is 0 Å². The minimum Gasteiger partial charge on any atom is -0.469 e. The third kappa shape index (κ3) is 53.6. The zero-order valence-corrected chi connectivity index (χ0v) is 47.4. The van der Waals surface area contributed by atoms with E-state index in [0.717, 1.165) is 18.8 Å². The number of alkyl halides is 1. The smallest absolute Gasteiger partial charge is 0.320 e. The van der Waals surface area contributed by atoms with Gasteiger partial charge in [0.05, 0.1) is 28.4 Å². The molecule has 0 aromatic carbocycles. The molecular formula is C58H113BrO8. The van der Waals surface area contributed by atoms with Gasteiger partial charge in [0.15, 0.2) is 5.92 Å². The van der Waals surface area contributed by atoms with Gasteiger partial charge in [0.2, 0.25) is 0 Å². The molecule has 9 heteroatoms. The molecule has 0 aliphatic heterocycles. The molecule has 0 aliphatic rings. The van der Waals surface area contributed by atoms with Gasteiger partial charge in [-0.3, -0.25) is 19.2 Å². The maximum Gasteiger partial charge on any atom is 0.320 e. The lowest BCUT2D eigenvalue weighted by atomic mass is 9.86. The fraction of sp³-hybridized carbons (Fsp3) is 0.931. The van der Waals surface area contributed by atoms with Crippen molar-refractivity contribution in [2.45, 2.75) is 297 Å². The van der Waals surface area contributed by atoms with Crippen LogP contribution >= 0.6 is 15.9 Å². The third-order valence-corrected chi connectivity index (χ3v) is 14.3. The lowest BCUT2D eigenvalue weighted by molar-refractivity contribution is -0.160. The van der Waals surface area contributed by atoms with Crippen LogP contribution in [0.4, 0.5) is 0 Å². The molecule has 0 aliphatic carbocycles. The number of carbonyl (C=O) groups is 4. The number of halogens is 1.